The van der Waals surface area contributed by atoms with E-state index in [-0.39, 0.29) is 0 Å². The molecule has 0 aliphatic heterocycles. The van der Waals surface area contributed by atoms with E-state index < -0.39 is 0 Å². The second-order valence-corrected chi connectivity index (χ2v) is 10.4. The lowest BCUT2D eigenvalue weighted by Crippen LogP contribution is -2.18. The third kappa shape index (κ3) is 4.78. The van der Waals surface area contributed by atoms with Crippen molar-refractivity contribution in [2.75, 3.05) is 0 Å². The average molecular weight is 485 g/mol. The summed E-state index contributed by atoms with van der Waals surface area (Å²) in [6.07, 6.45) is 10.1. The first-order chi connectivity index (χ1) is 16.9. The lowest BCUT2D eigenvalue weighted by atomic mass is 9.83. The molecule has 0 saturated heterocycles. The van der Waals surface area contributed by atoms with Crippen molar-refractivity contribution in [3.63, 3.8) is 0 Å². The molecule has 1 aliphatic rings. The number of fused-ring (bicyclic) bond motifs is 1. The molecular weight excluding hydrogens is 456 g/mol. The number of pyridine rings is 3. The Balaban J connectivity index is 1.75. The van der Waals surface area contributed by atoms with Crippen LogP contribution in [0.3, 0.4) is 0 Å². The monoisotopic (exact) mass is 484 g/mol. The van der Waals surface area contributed by atoms with E-state index in [0.29, 0.717) is 28.4 Å². The SMILES string of the molecule is [C-]#[N+]c1cc2nc(-c3cc(C(C)C)ccn3)n(CC3CCC(C)CC3)c2c(-c2cncc(Cl)c2)n1. The van der Waals surface area contributed by atoms with Crippen LogP contribution in [0.2, 0.25) is 5.02 Å². The zero-order chi connectivity index (χ0) is 24.5. The summed E-state index contributed by atoms with van der Waals surface area (Å²) >= 11 is 6.29. The van der Waals surface area contributed by atoms with Gasteiger partial charge in [0.2, 0.25) is 0 Å². The van der Waals surface area contributed by atoms with Crippen LogP contribution < -0.4 is 0 Å². The van der Waals surface area contributed by atoms with E-state index in [4.69, 9.17) is 33.1 Å². The Morgan fingerprint density at radius 3 is 2.63 bits per heavy atom. The van der Waals surface area contributed by atoms with Gasteiger partial charge in [-0.1, -0.05) is 51.8 Å². The summed E-state index contributed by atoms with van der Waals surface area (Å²) in [7, 11) is 0. The number of hydrogen-bond acceptors (Lipinski definition) is 4. The fourth-order valence-electron chi connectivity index (χ4n) is 5.01. The predicted molar refractivity (Wildman–Crippen MR) is 140 cm³/mol. The first-order valence-electron chi connectivity index (χ1n) is 12.3. The van der Waals surface area contributed by atoms with Gasteiger partial charge in [0, 0.05) is 30.7 Å². The van der Waals surface area contributed by atoms with Crippen molar-refractivity contribution in [2.45, 2.75) is 58.9 Å². The number of halogens is 1. The van der Waals surface area contributed by atoms with Crippen LogP contribution in [-0.2, 0) is 6.54 Å². The van der Waals surface area contributed by atoms with Crippen molar-refractivity contribution >= 4 is 28.5 Å². The highest BCUT2D eigenvalue weighted by Crippen LogP contribution is 2.37. The Morgan fingerprint density at radius 1 is 1.11 bits per heavy atom. The maximum absolute atomic E-state index is 7.62. The molecule has 4 heterocycles. The van der Waals surface area contributed by atoms with Crippen LogP contribution in [0.5, 0.6) is 0 Å². The molecule has 0 radical (unpaired) electrons. The summed E-state index contributed by atoms with van der Waals surface area (Å²) in [6, 6.07) is 7.82. The van der Waals surface area contributed by atoms with Gasteiger partial charge in [0.1, 0.15) is 11.2 Å². The van der Waals surface area contributed by atoms with E-state index in [1.54, 1.807) is 18.5 Å². The molecule has 4 aromatic rings. The van der Waals surface area contributed by atoms with Crippen LogP contribution in [0.4, 0.5) is 5.82 Å². The molecule has 1 saturated carbocycles. The van der Waals surface area contributed by atoms with Gasteiger partial charge in [-0.05, 0) is 60.4 Å². The lowest BCUT2D eigenvalue weighted by Gasteiger charge is -2.27. The van der Waals surface area contributed by atoms with Crippen molar-refractivity contribution < 1.29 is 0 Å². The van der Waals surface area contributed by atoms with E-state index in [9.17, 15) is 0 Å². The fourth-order valence-corrected chi connectivity index (χ4v) is 5.19. The first kappa shape index (κ1) is 23.4. The van der Waals surface area contributed by atoms with E-state index >= 15 is 0 Å². The number of imidazole rings is 1. The van der Waals surface area contributed by atoms with Crippen LogP contribution in [-0.4, -0.2) is 24.5 Å². The highest BCUT2D eigenvalue weighted by molar-refractivity contribution is 6.30. The van der Waals surface area contributed by atoms with Gasteiger partial charge < -0.3 is 9.41 Å². The van der Waals surface area contributed by atoms with Crippen LogP contribution >= 0.6 is 11.6 Å². The average Bonchev–Trinajstić information content (AvgIpc) is 3.23. The molecule has 0 amide bonds. The smallest absolute Gasteiger partial charge is 0.272 e. The normalized spacial score (nSPS) is 18.2. The molecule has 35 heavy (non-hydrogen) atoms. The lowest BCUT2D eigenvalue weighted by molar-refractivity contribution is 0.267. The molecule has 0 unspecified atom stereocenters. The Bertz CT molecular complexity index is 1410. The number of hydrogen-bond donors (Lipinski definition) is 0. The van der Waals surface area contributed by atoms with Crippen molar-refractivity contribution in [3.05, 3.63) is 64.9 Å². The molecule has 0 aromatic carbocycles. The number of rotatable bonds is 5. The van der Waals surface area contributed by atoms with Crippen molar-refractivity contribution in [1.82, 2.24) is 24.5 Å². The molecule has 178 valence electrons. The maximum atomic E-state index is 7.62. The molecule has 0 atom stereocenters. The van der Waals surface area contributed by atoms with Gasteiger partial charge >= 0.3 is 0 Å². The van der Waals surface area contributed by atoms with Crippen LogP contribution in [0, 0.1) is 18.4 Å². The van der Waals surface area contributed by atoms with Gasteiger partial charge in [0.05, 0.1) is 10.5 Å². The molecule has 1 aliphatic carbocycles. The molecule has 7 heteroatoms. The minimum atomic E-state index is 0.305. The van der Waals surface area contributed by atoms with Crippen molar-refractivity contribution in [1.29, 1.82) is 0 Å². The third-order valence-electron chi connectivity index (χ3n) is 7.06. The number of nitrogens with zero attached hydrogens (tertiary/aromatic N) is 6. The van der Waals surface area contributed by atoms with Gasteiger partial charge in [0.15, 0.2) is 11.5 Å². The van der Waals surface area contributed by atoms with E-state index in [0.717, 1.165) is 40.6 Å². The van der Waals surface area contributed by atoms with Crippen LogP contribution in [0.25, 0.3) is 38.7 Å². The Labute approximate surface area is 211 Å². The second kappa shape index (κ2) is 9.75. The standard InChI is InChI=1S/C28H29ClN6/c1-17(2)20-9-10-32-24(12-20)28-33-23-13-25(30-4)34-26(21-11-22(29)15-31-14-21)27(23)35(28)16-19-7-5-18(3)6-8-19/h9-15,17-19H,5-8,16H2,1-3H3. The Hall–Kier alpha value is -3.30. The highest BCUT2D eigenvalue weighted by atomic mass is 35.5. The van der Waals surface area contributed by atoms with E-state index in [2.05, 4.69) is 47.3 Å². The van der Waals surface area contributed by atoms with Gasteiger partial charge in [0.25, 0.3) is 5.82 Å². The van der Waals surface area contributed by atoms with Gasteiger partial charge in [-0.25, -0.2) is 4.98 Å². The fraction of sp³-hybridized carbons (Fsp3) is 0.393. The summed E-state index contributed by atoms with van der Waals surface area (Å²) < 4.78 is 2.28. The zero-order valence-electron chi connectivity index (χ0n) is 20.4. The summed E-state index contributed by atoms with van der Waals surface area (Å²) in [5.41, 5.74) is 5.19. The predicted octanol–water partition coefficient (Wildman–Crippen LogP) is 7.71. The molecule has 1 fully saturated rings. The topological polar surface area (TPSA) is 60.9 Å². The maximum Gasteiger partial charge on any atom is 0.272 e. The summed E-state index contributed by atoms with van der Waals surface area (Å²) in [5.74, 6) is 2.85. The quantitative estimate of drug-likeness (QED) is 0.272. The Morgan fingerprint density at radius 2 is 1.91 bits per heavy atom. The zero-order valence-corrected chi connectivity index (χ0v) is 21.1. The van der Waals surface area contributed by atoms with E-state index in [1.807, 2.05) is 12.3 Å². The molecule has 5 rings (SSSR count). The largest absolute Gasteiger partial charge is 0.361 e. The molecule has 4 aromatic heterocycles. The van der Waals surface area contributed by atoms with Crippen LogP contribution in [0.15, 0.2) is 42.9 Å². The minimum Gasteiger partial charge on any atom is -0.361 e. The van der Waals surface area contributed by atoms with Crippen molar-refractivity contribution in [3.8, 4) is 22.8 Å². The van der Waals surface area contributed by atoms with Gasteiger partial charge in [-0.15, -0.1) is 4.98 Å². The molecule has 6 nitrogen and oxygen atoms in total. The Kier molecular flexibility index (Phi) is 6.53. The minimum absolute atomic E-state index is 0.305. The van der Waals surface area contributed by atoms with Crippen LogP contribution in [0.1, 0.15) is 57.9 Å². The van der Waals surface area contributed by atoms with E-state index in [1.165, 1.54) is 31.2 Å². The summed E-state index contributed by atoms with van der Waals surface area (Å²) in [5, 5.41) is 0.532. The summed E-state index contributed by atoms with van der Waals surface area (Å²) in [6.45, 7) is 15.2. The first-order valence-corrected chi connectivity index (χ1v) is 12.7. The molecular formula is C28H29ClN6. The molecule has 0 N–H and O–H groups in total. The van der Waals surface area contributed by atoms with Crippen molar-refractivity contribution in [2.24, 2.45) is 11.8 Å². The van der Waals surface area contributed by atoms with Gasteiger partial charge in [-0.3, -0.25) is 9.97 Å². The molecule has 0 bridgehead atoms. The summed E-state index contributed by atoms with van der Waals surface area (Å²) in [4.78, 5) is 22.4. The molecule has 0 spiro atoms. The van der Waals surface area contributed by atoms with Gasteiger partial charge in [-0.2, -0.15) is 0 Å². The highest BCUT2D eigenvalue weighted by Gasteiger charge is 2.26. The second-order valence-electron chi connectivity index (χ2n) is 10.0. The number of aromatic nitrogens is 5. The third-order valence-corrected chi connectivity index (χ3v) is 7.27.